The van der Waals surface area contributed by atoms with Gasteiger partial charge in [-0.05, 0) is 29.7 Å². The van der Waals surface area contributed by atoms with Crippen LogP contribution in [0.4, 0.5) is 10.8 Å². The summed E-state index contributed by atoms with van der Waals surface area (Å²) < 4.78 is 0. The van der Waals surface area contributed by atoms with Gasteiger partial charge in [-0.3, -0.25) is 10.1 Å². The van der Waals surface area contributed by atoms with Gasteiger partial charge in [0.25, 0.3) is 11.7 Å². The van der Waals surface area contributed by atoms with Gasteiger partial charge in [-0.1, -0.05) is 53.8 Å². The molecule has 0 aliphatic heterocycles. The molecule has 1 aromatic heterocycles. The number of rotatable bonds is 9. The molecule has 0 fully saturated rings. The highest BCUT2D eigenvalue weighted by atomic mass is 32.1. The van der Waals surface area contributed by atoms with Crippen LogP contribution in [0.3, 0.4) is 0 Å². The van der Waals surface area contributed by atoms with Crippen molar-refractivity contribution >= 4 is 28.1 Å². The summed E-state index contributed by atoms with van der Waals surface area (Å²) >= 11 is 0.612. The molecule has 9 N–H and O–H groups in total. The van der Waals surface area contributed by atoms with Crippen LogP contribution < -0.4 is 16.4 Å². The molecule has 0 bridgehead atoms. The molecule has 0 aliphatic carbocycles. The molecular weight excluding hydrogens is 436 g/mol. The van der Waals surface area contributed by atoms with Gasteiger partial charge in [0.15, 0.2) is 10.8 Å². The number of anilines is 2. The van der Waals surface area contributed by atoms with Crippen LogP contribution in [0, 0.1) is 0 Å². The van der Waals surface area contributed by atoms with E-state index in [4.69, 9.17) is 5.73 Å². The van der Waals surface area contributed by atoms with Crippen LogP contribution in [-0.2, 0) is 23.4 Å². The Morgan fingerprint density at radius 3 is 2.25 bits per heavy atom. The first-order valence-electron chi connectivity index (χ1n) is 9.61. The molecule has 1 amide bonds. The molecule has 11 heteroatoms. The van der Waals surface area contributed by atoms with Crippen LogP contribution >= 0.6 is 11.3 Å². The van der Waals surface area contributed by atoms with Crippen LogP contribution in [0.5, 0.6) is 5.06 Å². The van der Waals surface area contributed by atoms with E-state index in [1.54, 1.807) is 36.4 Å². The smallest absolute Gasteiger partial charge is 0.294 e. The van der Waals surface area contributed by atoms with Crippen LogP contribution in [0.15, 0.2) is 54.6 Å². The molecule has 0 spiro atoms. The number of amides is 1. The molecule has 0 aliphatic rings. The van der Waals surface area contributed by atoms with Crippen molar-refractivity contribution in [2.45, 2.75) is 24.5 Å². The topological polar surface area (TPSA) is 181 Å². The van der Waals surface area contributed by atoms with Crippen molar-refractivity contribution in [3.8, 4) is 5.06 Å². The summed E-state index contributed by atoms with van der Waals surface area (Å²) in [6.45, 7) is 0.284. The van der Waals surface area contributed by atoms with Crippen LogP contribution in [0.2, 0.25) is 0 Å². The summed E-state index contributed by atoms with van der Waals surface area (Å²) in [6, 6.07) is 15.6. The summed E-state index contributed by atoms with van der Waals surface area (Å²) in [5.74, 6) is -6.32. The van der Waals surface area contributed by atoms with Gasteiger partial charge in [-0.2, -0.15) is 0 Å². The minimum absolute atomic E-state index is 0.0308. The van der Waals surface area contributed by atoms with E-state index < -0.39 is 28.4 Å². The number of thiazole rings is 1. The maximum Gasteiger partial charge on any atom is 0.294 e. The van der Waals surface area contributed by atoms with E-state index in [1.165, 1.54) is 0 Å². The number of carbonyl (C=O) groups excluding carboxylic acids is 1. The number of aromatic hydroxyl groups is 1. The molecule has 1 heterocycles. The summed E-state index contributed by atoms with van der Waals surface area (Å²) in [4.78, 5) is 15.8. The highest BCUT2D eigenvalue weighted by molar-refractivity contribution is 7.17. The Morgan fingerprint density at radius 2 is 1.66 bits per heavy atom. The highest BCUT2D eigenvalue weighted by Crippen LogP contribution is 2.34. The van der Waals surface area contributed by atoms with E-state index in [2.05, 4.69) is 15.6 Å². The van der Waals surface area contributed by atoms with Gasteiger partial charge >= 0.3 is 0 Å². The van der Waals surface area contributed by atoms with Gasteiger partial charge in [-0.25, -0.2) is 4.98 Å². The Labute approximate surface area is 187 Å². The Morgan fingerprint density at radius 1 is 1.00 bits per heavy atom. The van der Waals surface area contributed by atoms with Crippen molar-refractivity contribution in [1.82, 2.24) is 10.3 Å². The van der Waals surface area contributed by atoms with E-state index >= 15 is 0 Å². The van der Waals surface area contributed by atoms with Gasteiger partial charge in [0.2, 0.25) is 11.0 Å². The molecule has 0 unspecified atom stereocenters. The predicted octanol–water partition coefficient (Wildman–Crippen LogP) is 0.220. The lowest BCUT2D eigenvalue weighted by atomic mass is 10.1. The molecule has 0 radical (unpaired) electrons. The number of hydrogen-bond donors (Lipinski definition) is 8. The van der Waals surface area contributed by atoms with E-state index in [-0.39, 0.29) is 23.8 Å². The SMILES string of the molecule is Nc1nc(C(O)(O)C(=O)Nc2ccc(CCNC(O)(O)Cc3ccccc3)cc2)c(O)s1. The van der Waals surface area contributed by atoms with Crippen LogP contribution in [-0.4, -0.2) is 48.9 Å². The predicted molar refractivity (Wildman–Crippen MR) is 118 cm³/mol. The summed E-state index contributed by atoms with van der Waals surface area (Å²) in [7, 11) is 0. The molecule has 2 aromatic carbocycles. The second-order valence-electron chi connectivity index (χ2n) is 7.18. The average molecular weight is 461 g/mol. The van der Waals surface area contributed by atoms with Gasteiger partial charge in [0.05, 0.1) is 0 Å². The fraction of sp³-hybridized carbons (Fsp3) is 0.238. The monoisotopic (exact) mass is 460 g/mol. The zero-order valence-electron chi connectivity index (χ0n) is 16.9. The molecule has 170 valence electrons. The molecule has 0 saturated heterocycles. The van der Waals surface area contributed by atoms with E-state index in [0.29, 0.717) is 17.8 Å². The molecule has 0 saturated carbocycles. The first-order chi connectivity index (χ1) is 15.1. The summed E-state index contributed by atoms with van der Waals surface area (Å²) in [5, 5.41) is 54.4. The van der Waals surface area contributed by atoms with Crippen molar-refractivity contribution in [3.05, 3.63) is 71.4 Å². The molecule has 3 aromatic rings. The minimum atomic E-state index is -3.06. The Bertz CT molecular complexity index is 1050. The molecule has 10 nitrogen and oxygen atoms in total. The van der Waals surface area contributed by atoms with E-state index in [9.17, 15) is 30.3 Å². The normalized spacial score (nSPS) is 12.0. The minimum Gasteiger partial charge on any atom is -0.498 e. The number of aromatic nitrogens is 1. The van der Waals surface area contributed by atoms with Gasteiger partial charge in [0, 0.05) is 18.7 Å². The fourth-order valence-corrected chi connectivity index (χ4v) is 3.61. The van der Waals surface area contributed by atoms with Gasteiger partial charge < -0.3 is 36.6 Å². The number of benzene rings is 2. The largest absolute Gasteiger partial charge is 0.498 e. The first kappa shape index (κ1) is 23.6. The van der Waals surface area contributed by atoms with Crippen LogP contribution in [0.25, 0.3) is 0 Å². The number of nitrogens with zero attached hydrogens (tertiary/aromatic N) is 1. The second-order valence-corrected chi connectivity index (χ2v) is 8.19. The molecular formula is C21H24N4O6S. The quantitative estimate of drug-likeness (QED) is 0.207. The van der Waals surface area contributed by atoms with Crippen molar-refractivity contribution in [2.75, 3.05) is 17.6 Å². The Hall–Kier alpha value is -3.06. The molecule has 0 atom stereocenters. The Kier molecular flexibility index (Phi) is 7.09. The number of nitrogen functional groups attached to an aromatic ring is 1. The molecule has 32 heavy (non-hydrogen) atoms. The van der Waals surface area contributed by atoms with Gasteiger partial charge in [-0.15, -0.1) is 0 Å². The average Bonchev–Trinajstić information content (AvgIpc) is 3.08. The zero-order valence-corrected chi connectivity index (χ0v) is 17.7. The van der Waals surface area contributed by atoms with Crippen LogP contribution in [0.1, 0.15) is 16.8 Å². The van der Waals surface area contributed by atoms with Gasteiger partial charge in [0.1, 0.15) is 0 Å². The number of hydrogen-bond acceptors (Lipinski definition) is 10. The number of nitrogens with one attached hydrogen (secondary N) is 2. The lowest BCUT2D eigenvalue weighted by molar-refractivity contribution is -0.185. The maximum absolute atomic E-state index is 12.2. The second kappa shape index (κ2) is 9.61. The zero-order chi connectivity index (χ0) is 23.4. The number of carbonyl (C=O) groups is 1. The lowest BCUT2D eigenvalue weighted by Crippen LogP contribution is -2.47. The third-order valence-corrected chi connectivity index (χ3v) is 5.29. The Balaban J connectivity index is 1.52. The highest BCUT2D eigenvalue weighted by Gasteiger charge is 2.41. The van der Waals surface area contributed by atoms with Crippen molar-refractivity contribution in [2.24, 2.45) is 0 Å². The summed E-state index contributed by atoms with van der Waals surface area (Å²) in [5.41, 5.74) is 6.67. The lowest BCUT2D eigenvalue weighted by Gasteiger charge is -2.23. The van der Waals surface area contributed by atoms with E-state index in [1.807, 2.05) is 18.2 Å². The third kappa shape index (κ3) is 6.01. The summed E-state index contributed by atoms with van der Waals surface area (Å²) in [6.07, 6.45) is 0.505. The molecule has 3 rings (SSSR count). The van der Waals surface area contributed by atoms with E-state index in [0.717, 1.165) is 11.1 Å². The maximum atomic E-state index is 12.2. The van der Waals surface area contributed by atoms with Crippen molar-refractivity contribution < 1.29 is 30.3 Å². The number of aliphatic hydroxyl groups is 4. The first-order valence-corrected chi connectivity index (χ1v) is 10.4. The fourth-order valence-electron chi connectivity index (χ4n) is 2.99. The van der Waals surface area contributed by atoms with Crippen molar-refractivity contribution in [3.63, 3.8) is 0 Å². The standard InChI is InChI=1S/C21H24N4O6S/c22-19-25-16(17(26)32-19)21(30,31)18(27)24-15-8-6-13(7-9-15)10-11-23-20(28,29)12-14-4-2-1-3-5-14/h1-9,23,26,28-31H,10-12H2,(H2,22,25)(H,24,27). The van der Waals surface area contributed by atoms with Crippen molar-refractivity contribution in [1.29, 1.82) is 0 Å². The third-order valence-electron chi connectivity index (χ3n) is 4.60. The number of nitrogens with two attached hydrogens (primary N) is 1.